The van der Waals surface area contributed by atoms with Gasteiger partial charge in [-0.05, 0) is 25.0 Å². The van der Waals surface area contributed by atoms with E-state index in [1.807, 2.05) is 0 Å². The number of aromatic amines is 1. The molecule has 2 aromatic heterocycles. The molecule has 3 rings (SSSR count). The highest BCUT2D eigenvalue weighted by Crippen LogP contribution is 2.29. The number of aromatic nitrogens is 3. The number of imidazole rings is 1. The van der Waals surface area contributed by atoms with E-state index in [0.29, 0.717) is 19.3 Å². The molecule has 2 aromatic rings. The number of H-pyrrole nitrogens is 1. The maximum atomic E-state index is 12.5. The van der Waals surface area contributed by atoms with Crippen molar-refractivity contribution in [3.63, 3.8) is 0 Å². The van der Waals surface area contributed by atoms with Crippen molar-refractivity contribution in [2.75, 3.05) is 13.1 Å². The van der Waals surface area contributed by atoms with Gasteiger partial charge in [-0.15, -0.1) is 0 Å². The monoisotopic (exact) mass is 324 g/mol. The van der Waals surface area contributed by atoms with Gasteiger partial charge in [-0.2, -0.15) is 13.2 Å². The van der Waals surface area contributed by atoms with Crippen LogP contribution in [0.3, 0.4) is 0 Å². The fraction of sp³-hybridized carbons (Fsp3) is 0.400. The average molecular weight is 324 g/mol. The molecule has 0 aliphatic carbocycles. The summed E-state index contributed by atoms with van der Waals surface area (Å²) in [4.78, 5) is 25.0. The molecule has 1 fully saturated rings. The van der Waals surface area contributed by atoms with E-state index in [2.05, 4.69) is 15.0 Å². The van der Waals surface area contributed by atoms with E-state index >= 15 is 0 Å². The minimum atomic E-state index is -4.45. The molecule has 1 aliphatic rings. The van der Waals surface area contributed by atoms with Gasteiger partial charge in [-0.25, -0.2) is 4.98 Å². The summed E-state index contributed by atoms with van der Waals surface area (Å²) in [7, 11) is 0. The number of piperidine rings is 1. The zero-order chi connectivity index (χ0) is 16.4. The van der Waals surface area contributed by atoms with Gasteiger partial charge in [-0.1, -0.05) is 0 Å². The summed E-state index contributed by atoms with van der Waals surface area (Å²) in [5.74, 6) is 0.579. The molecule has 5 nitrogen and oxygen atoms in total. The van der Waals surface area contributed by atoms with Gasteiger partial charge in [0.05, 0.1) is 5.56 Å². The van der Waals surface area contributed by atoms with E-state index in [9.17, 15) is 18.0 Å². The second-order valence-electron chi connectivity index (χ2n) is 5.49. The van der Waals surface area contributed by atoms with Crippen LogP contribution >= 0.6 is 0 Å². The summed E-state index contributed by atoms with van der Waals surface area (Å²) in [5, 5.41) is 0. The third-order valence-electron chi connectivity index (χ3n) is 3.92. The van der Waals surface area contributed by atoms with Crippen molar-refractivity contribution in [1.82, 2.24) is 19.9 Å². The van der Waals surface area contributed by atoms with Crippen molar-refractivity contribution in [1.29, 1.82) is 0 Å². The molecule has 23 heavy (non-hydrogen) atoms. The molecular formula is C15H15F3N4O. The fourth-order valence-corrected chi connectivity index (χ4v) is 2.74. The van der Waals surface area contributed by atoms with E-state index in [-0.39, 0.29) is 17.5 Å². The van der Waals surface area contributed by atoms with Crippen LogP contribution in [0.5, 0.6) is 0 Å². The Hall–Kier alpha value is -2.38. The summed E-state index contributed by atoms with van der Waals surface area (Å²) in [5.41, 5.74) is -0.834. The Morgan fingerprint density at radius 3 is 2.74 bits per heavy atom. The minimum Gasteiger partial charge on any atom is -0.348 e. The van der Waals surface area contributed by atoms with Crippen molar-refractivity contribution in [2.45, 2.75) is 24.9 Å². The Bertz CT molecular complexity index is 667. The summed E-state index contributed by atoms with van der Waals surface area (Å²) in [6, 6.07) is 2.01. The van der Waals surface area contributed by atoms with Crippen molar-refractivity contribution >= 4 is 5.91 Å². The zero-order valence-electron chi connectivity index (χ0n) is 12.2. The number of carbonyl (C=O) groups excluding carboxylic acids is 1. The van der Waals surface area contributed by atoms with Crippen LogP contribution in [0.15, 0.2) is 30.7 Å². The molecule has 1 unspecified atom stereocenters. The Balaban J connectivity index is 1.72. The number of likely N-dealkylation sites (tertiary alicyclic amines) is 1. The number of nitrogens with one attached hydrogen (secondary N) is 1. The van der Waals surface area contributed by atoms with E-state index in [4.69, 9.17) is 0 Å². The number of hydrogen-bond acceptors (Lipinski definition) is 3. The lowest BCUT2D eigenvalue weighted by molar-refractivity contribution is -0.137. The molecule has 1 N–H and O–H groups in total. The van der Waals surface area contributed by atoms with Crippen LogP contribution in [-0.2, 0) is 6.18 Å². The lowest BCUT2D eigenvalue weighted by Crippen LogP contribution is -2.39. The Morgan fingerprint density at radius 2 is 2.13 bits per heavy atom. The second-order valence-corrected chi connectivity index (χ2v) is 5.49. The number of nitrogens with zero attached hydrogens (tertiary/aromatic N) is 3. The highest BCUT2D eigenvalue weighted by atomic mass is 19.4. The molecule has 1 amide bonds. The normalized spacial score (nSPS) is 18.9. The smallest absolute Gasteiger partial charge is 0.348 e. The molecule has 0 radical (unpaired) electrons. The molecule has 1 saturated heterocycles. The highest BCUT2D eigenvalue weighted by Gasteiger charge is 2.32. The molecule has 0 saturated carbocycles. The van der Waals surface area contributed by atoms with Gasteiger partial charge in [-0.3, -0.25) is 9.78 Å². The van der Waals surface area contributed by atoms with Crippen LogP contribution in [0.4, 0.5) is 13.2 Å². The van der Waals surface area contributed by atoms with Crippen LogP contribution in [0.1, 0.15) is 40.6 Å². The van der Waals surface area contributed by atoms with Crippen molar-refractivity contribution in [2.24, 2.45) is 0 Å². The van der Waals surface area contributed by atoms with Crippen molar-refractivity contribution in [3.8, 4) is 0 Å². The number of rotatable bonds is 2. The van der Waals surface area contributed by atoms with Gasteiger partial charge < -0.3 is 9.88 Å². The van der Waals surface area contributed by atoms with E-state index in [0.717, 1.165) is 30.8 Å². The van der Waals surface area contributed by atoms with Crippen LogP contribution < -0.4 is 0 Å². The molecular weight excluding hydrogens is 309 g/mol. The summed E-state index contributed by atoms with van der Waals surface area (Å²) >= 11 is 0. The van der Waals surface area contributed by atoms with Crippen LogP contribution in [0.25, 0.3) is 0 Å². The van der Waals surface area contributed by atoms with E-state index in [1.165, 1.54) is 0 Å². The standard InChI is InChI=1S/C15H15F3N4O/c16-15(17,18)11-3-4-12(21-8-11)14(23)22-7-1-2-10(9-22)13-19-5-6-20-13/h3-6,8,10H,1-2,7,9H2,(H,19,20). The van der Waals surface area contributed by atoms with Crippen LogP contribution in [0.2, 0.25) is 0 Å². The minimum absolute atomic E-state index is 0.0260. The third kappa shape index (κ3) is 3.35. The second kappa shape index (κ2) is 6.02. The third-order valence-corrected chi connectivity index (χ3v) is 3.92. The zero-order valence-corrected chi connectivity index (χ0v) is 12.2. The lowest BCUT2D eigenvalue weighted by Gasteiger charge is -2.31. The van der Waals surface area contributed by atoms with Crippen molar-refractivity contribution in [3.05, 3.63) is 47.8 Å². The summed E-state index contributed by atoms with van der Waals surface area (Å²) in [6.45, 7) is 1.05. The first-order valence-electron chi connectivity index (χ1n) is 7.27. The van der Waals surface area contributed by atoms with Gasteiger partial charge in [0.25, 0.3) is 5.91 Å². The number of pyridine rings is 1. The predicted molar refractivity (Wildman–Crippen MR) is 75.7 cm³/mol. The molecule has 1 atom stereocenters. The first-order valence-corrected chi connectivity index (χ1v) is 7.27. The molecule has 3 heterocycles. The quantitative estimate of drug-likeness (QED) is 0.924. The molecule has 8 heteroatoms. The predicted octanol–water partition coefficient (Wildman–Crippen LogP) is 2.84. The first kappa shape index (κ1) is 15.5. The van der Waals surface area contributed by atoms with Gasteiger partial charge in [0, 0.05) is 37.6 Å². The molecule has 122 valence electrons. The van der Waals surface area contributed by atoms with Crippen molar-refractivity contribution < 1.29 is 18.0 Å². The highest BCUT2D eigenvalue weighted by molar-refractivity contribution is 5.92. The number of carbonyl (C=O) groups is 1. The molecule has 0 aromatic carbocycles. The van der Waals surface area contributed by atoms with Crippen LogP contribution in [0, 0.1) is 0 Å². The summed E-state index contributed by atoms with van der Waals surface area (Å²) in [6.07, 6.45) is 1.36. The van der Waals surface area contributed by atoms with E-state index < -0.39 is 11.7 Å². The lowest BCUT2D eigenvalue weighted by atomic mass is 9.97. The number of amides is 1. The van der Waals surface area contributed by atoms with Gasteiger partial charge in [0.1, 0.15) is 11.5 Å². The Morgan fingerprint density at radius 1 is 1.30 bits per heavy atom. The molecule has 1 aliphatic heterocycles. The summed E-state index contributed by atoms with van der Waals surface area (Å²) < 4.78 is 37.6. The molecule has 0 bridgehead atoms. The van der Waals surface area contributed by atoms with E-state index in [1.54, 1.807) is 17.3 Å². The SMILES string of the molecule is O=C(c1ccc(C(F)(F)F)cn1)N1CCCC(c2ncc[nH]2)C1. The Labute approximate surface area is 130 Å². The van der Waals surface area contributed by atoms with Gasteiger partial charge >= 0.3 is 6.18 Å². The van der Waals surface area contributed by atoms with Crippen LogP contribution in [-0.4, -0.2) is 38.8 Å². The van der Waals surface area contributed by atoms with Gasteiger partial charge in [0.15, 0.2) is 0 Å². The topological polar surface area (TPSA) is 61.9 Å². The number of alkyl halides is 3. The first-order chi connectivity index (χ1) is 10.9. The fourth-order valence-electron chi connectivity index (χ4n) is 2.74. The average Bonchev–Trinajstić information content (AvgIpc) is 3.08. The largest absolute Gasteiger partial charge is 0.417 e. The Kier molecular flexibility index (Phi) is 4.06. The number of hydrogen-bond donors (Lipinski definition) is 1. The molecule has 0 spiro atoms. The maximum Gasteiger partial charge on any atom is 0.417 e. The number of halogens is 3. The van der Waals surface area contributed by atoms with Gasteiger partial charge in [0.2, 0.25) is 0 Å². The maximum absolute atomic E-state index is 12.5.